The molecule has 3 rings (SSSR count). The van der Waals surface area contributed by atoms with Crippen LogP contribution in [0.4, 0.5) is 4.39 Å². The smallest absolute Gasteiger partial charge is 0.123 e. The average Bonchev–Trinajstić information content (AvgIpc) is 2.60. The van der Waals surface area contributed by atoms with E-state index in [1.807, 2.05) is 18.2 Å². The first-order valence-electron chi connectivity index (χ1n) is 8.53. The maximum Gasteiger partial charge on any atom is 0.123 e. The van der Waals surface area contributed by atoms with Gasteiger partial charge >= 0.3 is 0 Å². The third-order valence-corrected chi connectivity index (χ3v) is 4.55. The largest absolute Gasteiger partial charge is 0.303 e. The zero-order chi connectivity index (χ0) is 16.1. The van der Waals surface area contributed by atoms with Crippen molar-refractivity contribution in [2.45, 2.75) is 26.2 Å². The highest BCUT2D eigenvalue weighted by molar-refractivity contribution is 5.82. The molecular weight excluding hydrogens is 285 g/mol. The van der Waals surface area contributed by atoms with Gasteiger partial charge in [-0.25, -0.2) is 4.39 Å². The van der Waals surface area contributed by atoms with Crippen molar-refractivity contribution in [1.29, 1.82) is 0 Å². The van der Waals surface area contributed by atoms with Crippen molar-refractivity contribution >= 4 is 5.57 Å². The van der Waals surface area contributed by atoms with Gasteiger partial charge in [0.2, 0.25) is 0 Å². The Morgan fingerprint density at radius 1 is 0.913 bits per heavy atom. The summed E-state index contributed by atoms with van der Waals surface area (Å²) in [6.45, 7) is 5.67. The number of nitrogens with zero attached hydrogens (tertiary/aromatic N) is 1. The first-order valence-corrected chi connectivity index (χ1v) is 8.53. The first kappa shape index (κ1) is 15.9. The van der Waals surface area contributed by atoms with Gasteiger partial charge in [-0.15, -0.1) is 0 Å². The highest BCUT2D eigenvalue weighted by atomic mass is 19.1. The molecule has 0 bridgehead atoms. The van der Waals surface area contributed by atoms with Gasteiger partial charge in [-0.05, 0) is 54.6 Å². The third kappa shape index (κ3) is 3.89. The van der Waals surface area contributed by atoms with Crippen LogP contribution in [0.25, 0.3) is 5.57 Å². The maximum absolute atomic E-state index is 13.3. The SMILES string of the molecule is CCCN1CCC(=C(c2ccccc2)c2ccc(F)cc2)CC1. The van der Waals surface area contributed by atoms with Crippen molar-refractivity contribution in [1.82, 2.24) is 4.90 Å². The van der Waals surface area contributed by atoms with E-state index in [0.29, 0.717) is 0 Å². The molecule has 1 saturated heterocycles. The molecule has 2 heteroatoms. The molecule has 0 unspecified atom stereocenters. The van der Waals surface area contributed by atoms with Gasteiger partial charge < -0.3 is 4.90 Å². The van der Waals surface area contributed by atoms with Crippen LogP contribution in [0.15, 0.2) is 60.2 Å². The maximum atomic E-state index is 13.3. The lowest BCUT2D eigenvalue weighted by atomic mass is 9.88. The zero-order valence-electron chi connectivity index (χ0n) is 13.8. The van der Waals surface area contributed by atoms with Gasteiger partial charge in [0, 0.05) is 13.1 Å². The minimum Gasteiger partial charge on any atom is -0.303 e. The summed E-state index contributed by atoms with van der Waals surface area (Å²) < 4.78 is 13.3. The van der Waals surface area contributed by atoms with E-state index in [-0.39, 0.29) is 5.82 Å². The quantitative estimate of drug-likeness (QED) is 0.756. The Morgan fingerprint density at radius 3 is 2.13 bits per heavy atom. The van der Waals surface area contributed by atoms with E-state index in [1.54, 1.807) is 12.1 Å². The topological polar surface area (TPSA) is 3.24 Å². The third-order valence-electron chi connectivity index (χ3n) is 4.55. The fraction of sp³-hybridized carbons (Fsp3) is 0.333. The summed E-state index contributed by atoms with van der Waals surface area (Å²) in [5, 5.41) is 0. The molecule has 120 valence electrons. The molecule has 0 saturated carbocycles. The molecule has 2 aromatic rings. The first-order chi connectivity index (χ1) is 11.3. The summed E-state index contributed by atoms with van der Waals surface area (Å²) in [7, 11) is 0. The molecule has 2 aromatic carbocycles. The van der Waals surface area contributed by atoms with Crippen LogP contribution in [0.3, 0.4) is 0 Å². The average molecular weight is 309 g/mol. The molecule has 23 heavy (non-hydrogen) atoms. The predicted octanol–water partition coefficient (Wildman–Crippen LogP) is 5.13. The number of likely N-dealkylation sites (tertiary alicyclic amines) is 1. The minimum absolute atomic E-state index is 0.177. The molecule has 1 aliphatic heterocycles. The van der Waals surface area contributed by atoms with Crippen LogP contribution in [-0.2, 0) is 0 Å². The summed E-state index contributed by atoms with van der Waals surface area (Å²) in [5.41, 5.74) is 5.14. The molecule has 0 N–H and O–H groups in total. The fourth-order valence-corrected chi connectivity index (χ4v) is 3.41. The van der Waals surface area contributed by atoms with Gasteiger partial charge in [-0.3, -0.25) is 0 Å². The van der Waals surface area contributed by atoms with E-state index in [2.05, 4.69) is 36.1 Å². The summed E-state index contributed by atoms with van der Waals surface area (Å²) >= 11 is 0. The van der Waals surface area contributed by atoms with Crippen molar-refractivity contribution in [3.63, 3.8) is 0 Å². The second-order valence-corrected chi connectivity index (χ2v) is 6.19. The molecule has 1 heterocycles. The van der Waals surface area contributed by atoms with Crippen LogP contribution in [0.1, 0.15) is 37.3 Å². The van der Waals surface area contributed by atoms with Crippen LogP contribution in [0, 0.1) is 5.82 Å². The molecule has 1 aliphatic rings. The number of benzene rings is 2. The second kappa shape index (κ2) is 7.56. The van der Waals surface area contributed by atoms with Crippen LogP contribution < -0.4 is 0 Å². The van der Waals surface area contributed by atoms with Gasteiger partial charge in [0.15, 0.2) is 0 Å². The second-order valence-electron chi connectivity index (χ2n) is 6.19. The summed E-state index contributed by atoms with van der Waals surface area (Å²) in [4.78, 5) is 2.54. The predicted molar refractivity (Wildman–Crippen MR) is 94.8 cm³/mol. The van der Waals surface area contributed by atoms with Crippen molar-refractivity contribution in [3.05, 3.63) is 77.1 Å². The van der Waals surface area contributed by atoms with Gasteiger partial charge in [0.05, 0.1) is 0 Å². The van der Waals surface area contributed by atoms with Crippen LogP contribution >= 0.6 is 0 Å². The van der Waals surface area contributed by atoms with E-state index >= 15 is 0 Å². The summed E-state index contributed by atoms with van der Waals surface area (Å²) in [6, 6.07) is 17.4. The number of hydrogen-bond acceptors (Lipinski definition) is 1. The highest BCUT2D eigenvalue weighted by Gasteiger charge is 2.18. The van der Waals surface area contributed by atoms with Crippen molar-refractivity contribution in [2.24, 2.45) is 0 Å². The molecule has 0 aliphatic carbocycles. The highest BCUT2D eigenvalue weighted by Crippen LogP contribution is 2.32. The molecule has 0 radical (unpaired) electrons. The lowest BCUT2D eigenvalue weighted by molar-refractivity contribution is 0.257. The Bertz CT molecular complexity index is 648. The van der Waals surface area contributed by atoms with E-state index in [1.165, 1.54) is 29.7 Å². The normalized spacial score (nSPS) is 15.7. The Morgan fingerprint density at radius 2 is 1.52 bits per heavy atom. The van der Waals surface area contributed by atoms with Crippen molar-refractivity contribution < 1.29 is 4.39 Å². The molecule has 1 fully saturated rings. The molecule has 1 nitrogen and oxygen atoms in total. The lowest BCUT2D eigenvalue weighted by Gasteiger charge is -2.30. The fourth-order valence-electron chi connectivity index (χ4n) is 3.41. The number of hydrogen-bond donors (Lipinski definition) is 0. The molecule has 0 atom stereocenters. The number of rotatable bonds is 4. The molecule has 0 amide bonds. The molecule has 0 aromatic heterocycles. The Labute approximate surface area is 138 Å². The number of halogens is 1. The van der Waals surface area contributed by atoms with E-state index < -0.39 is 0 Å². The molecular formula is C21H24FN. The van der Waals surface area contributed by atoms with E-state index in [0.717, 1.165) is 31.5 Å². The van der Waals surface area contributed by atoms with Crippen molar-refractivity contribution in [2.75, 3.05) is 19.6 Å². The van der Waals surface area contributed by atoms with Crippen LogP contribution in [0.5, 0.6) is 0 Å². The van der Waals surface area contributed by atoms with Gasteiger partial charge in [0.25, 0.3) is 0 Å². The monoisotopic (exact) mass is 309 g/mol. The van der Waals surface area contributed by atoms with E-state index in [9.17, 15) is 4.39 Å². The van der Waals surface area contributed by atoms with Crippen LogP contribution in [0.2, 0.25) is 0 Å². The van der Waals surface area contributed by atoms with Crippen LogP contribution in [-0.4, -0.2) is 24.5 Å². The molecule has 0 spiro atoms. The lowest BCUT2D eigenvalue weighted by Crippen LogP contribution is -2.31. The Balaban J connectivity index is 1.96. The van der Waals surface area contributed by atoms with Gasteiger partial charge in [-0.2, -0.15) is 0 Å². The summed E-state index contributed by atoms with van der Waals surface area (Å²) in [5.74, 6) is -0.177. The zero-order valence-corrected chi connectivity index (χ0v) is 13.8. The van der Waals surface area contributed by atoms with Gasteiger partial charge in [0.1, 0.15) is 5.82 Å². The Hall–Kier alpha value is -1.93. The summed E-state index contributed by atoms with van der Waals surface area (Å²) in [6.07, 6.45) is 3.41. The minimum atomic E-state index is -0.177. The standard InChI is InChI=1S/C21H24FN/c1-2-14-23-15-12-19(13-16-23)21(17-6-4-3-5-7-17)18-8-10-20(22)11-9-18/h3-11H,2,12-16H2,1H3. The number of piperidine rings is 1. The van der Waals surface area contributed by atoms with Gasteiger partial charge in [-0.1, -0.05) is 55.0 Å². The Kier molecular flexibility index (Phi) is 5.24. The van der Waals surface area contributed by atoms with Crippen molar-refractivity contribution in [3.8, 4) is 0 Å². The van der Waals surface area contributed by atoms with E-state index in [4.69, 9.17) is 0 Å².